The molecule has 1 aliphatic rings. The molecule has 23 heavy (non-hydrogen) atoms. The molecule has 0 aliphatic heterocycles. The first-order valence-electron chi connectivity index (χ1n) is 7.76. The second-order valence-corrected chi connectivity index (χ2v) is 5.13. The zero-order chi connectivity index (χ0) is 16.8. The maximum atomic E-state index is 12.4. The van der Waals surface area contributed by atoms with Crippen molar-refractivity contribution in [3.05, 3.63) is 41.5 Å². The summed E-state index contributed by atoms with van der Waals surface area (Å²) < 4.78 is 9.78. The van der Waals surface area contributed by atoms with E-state index in [0.29, 0.717) is 12.0 Å². The van der Waals surface area contributed by atoms with E-state index in [1.165, 1.54) is 0 Å². The summed E-state index contributed by atoms with van der Waals surface area (Å²) in [6.45, 7) is 3.49. The van der Waals surface area contributed by atoms with Gasteiger partial charge in [-0.1, -0.05) is 30.3 Å². The fourth-order valence-corrected chi connectivity index (χ4v) is 2.71. The number of allylic oxidation sites excluding steroid dienone is 1. The summed E-state index contributed by atoms with van der Waals surface area (Å²) in [4.78, 5) is 36.6. The largest absolute Gasteiger partial charge is 0.465 e. The summed E-state index contributed by atoms with van der Waals surface area (Å²) in [5.41, 5.74) is 2.40. The number of carbonyl (C=O) groups excluding carboxylic acids is 3. The predicted octanol–water partition coefficient (Wildman–Crippen LogP) is 2.33. The molecule has 0 N–H and O–H groups in total. The van der Waals surface area contributed by atoms with E-state index in [0.717, 1.165) is 17.5 Å². The van der Waals surface area contributed by atoms with Crippen LogP contribution < -0.4 is 0 Å². The Balaban J connectivity index is 2.42. The summed E-state index contributed by atoms with van der Waals surface area (Å²) in [5.74, 6) is -3.87. The van der Waals surface area contributed by atoms with Gasteiger partial charge in [-0.05, 0) is 43.4 Å². The minimum atomic E-state index is -1.27. The highest BCUT2D eigenvalue weighted by Gasteiger charge is 2.38. The number of ketones is 1. The molecule has 0 spiro atoms. The van der Waals surface area contributed by atoms with Gasteiger partial charge in [0.25, 0.3) is 5.78 Å². The molecule has 0 fully saturated rings. The first-order valence-corrected chi connectivity index (χ1v) is 7.76. The van der Waals surface area contributed by atoms with Gasteiger partial charge in [-0.2, -0.15) is 0 Å². The molecule has 1 aromatic carbocycles. The Kier molecular flexibility index (Phi) is 5.68. The standard InChI is InChI=1S/C18H20O5/c1-3-22-17(20)15(16(19)18(21)23-4-2)14-11-7-9-12-8-5-6-10-13(12)14/h5-6,8,10-11,15H,3-4,7,9H2,1-2H3. The van der Waals surface area contributed by atoms with Crippen LogP contribution in [0.5, 0.6) is 0 Å². The van der Waals surface area contributed by atoms with Crippen LogP contribution in [-0.2, 0) is 30.3 Å². The van der Waals surface area contributed by atoms with Crippen molar-refractivity contribution in [2.75, 3.05) is 13.2 Å². The van der Waals surface area contributed by atoms with Gasteiger partial charge in [0.15, 0.2) is 5.92 Å². The first kappa shape index (κ1) is 16.9. The number of benzene rings is 1. The van der Waals surface area contributed by atoms with E-state index in [1.54, 1.807) is 13.8 Å². The monoisotopic (exact) mass is 316 g/mol. The topological polar surface area (TPSA) is 69.7 Å². The molecule has 0 aromatic heterocycles. The van der Waals surface area contributed by atoms with E-state index < -0.39 is 23.6 Å². The Hall–Kier alpha value is -2.43. The molecule has 0 saturated heterocycles. The van der Waals surface area contributed by atoms with Crippen LogP contribution in [-0.4, -0.2) is 30.9 Å². The Morgan fingerprint density at radius 1 is 1.09 bits per heavy atom. The average molecular weight is 316 g/mol. The Morgan fingerprint density at radius 3 is 2.48 bits per heavy atom. The molecule has 0 amide bonds. The Morgan fingerprint density at radius 2 is 1.78 bits per heavy atom. The van der Waals surface area contributed by atoms with E-state index in [9.17, 15) is 14.4 Å². The van der Waals surface area contributed by atoms with Gasteiger partial charge in [0.2, 0.25) is 0 Å². The predicted molar refractivity (Wildman–Crippen MR) is 84.5 cm³/mol. The molecule has 0 bridgehead atoms. The lowest BCUT2D eigenvalue weighted by Gasteiger charge is -2.23. The molecular formula is C18H20O5. The maximum absolute atomic E-state index is 12.4. The third kappa shape index (κ3) is 3.67. The number of aryl methyl sites for hydroxylation is 1. The van der Waals surface area contributed by atoms with Gasteiger partial charge in [-0.15, -0.1) is 0 Å². The minimum Gasteiger partial charge on any atom is -0.465 e. The van der Waals surface area contributed by atoms with Crippen LogP contribution >= 0.6 is 0 Å². The van der Waals surface area contributed by atoms with Gasteiger partial charge in [0, 0.05) is 0 Å². The third-order valence-electron chi connectivity index (χ3n) is 3.68. The molecule has 1 aliphatic carbocycles. The lowest BCUT2D eigenvalue weighted by atomic mass is 9.82. The number of hydrogen-bond donors (Lipinski definition) is 0. The summed E-state index contributed by atoms with van der Waals surface area (Å²) >= 11 is 0. The van der Waals surface area contributed by atoms with E-state index in [1.807, 2.05) is 30.3 Å². The second-order valence-electron chi connectivity index (χ2n) is 5.13. The maximum Gasteiger partial charge on any atom is 0.375 e. The van der Waals surface area contributed by atoms with Gasteiger partial charge in [0.05, 0.1) is 13.2 Å². The smallest absolute Gasteiger partial charge is 0.375 e. The van der Waals surface area contributed by atoms with Crippen molar-refractivity contribution in [2.45, 2.75) is 26.7 Å². The number of carbonyl (C=O) groups is 3. The fourth-order valence-electron chi connectivity index (χ4n) is 2.71. The summed E-state index contributed by atoms with van der Waals surface area (Å²) in [6, 6.07) is 7.56. The molecule has 1 unspecified atom stereocenters. The lowest BCUT2D eigenvalue weighted by Crippen LogP contribution is -2.34. The summed E-state index contributed by atoms with van der Waals surface area (Å²) in [6.07, 6.45) is 3.38. The summed E-state index contributed by atoms with van der Waals surface area (Å²) in [7, 11) is 0. The minimum absolute atomic E-state index is 0.0791. The molecule has 1 aromatic rings. The zero-order valence-corrected chi connectivity index (χ0v) is 13.3. The van der Waals surface area contributed by atoms with Crippen molar-refractivity contribution in [1.29, 1.82) is 0 Å². The van der Waals surface area contributed by atoms with Gasteiger partial charge >= 0.3 is 11.9 Å². The Bertz CT molecular complexity index is 645. The van der Waals surface area contributed by atoms with Gasteiger partial charge in [-0.3, -0.25) is 9.59 Å². The van der Waals surface area contributed by atoms with E-state index in [2.05, 4.69) is 0 Å². The van der Waals surface area contributed by atoms with Gasteiger partial charge < -0.3 is 9.47 Å². The average Bonchev–Trinajstić information content (AvgIpc) is 2.55. The SMILES string of the molecule is CCOC(=O)C(=O)C(C(=O)OCC)C1=CCCc2ccccc21. The molecule has 0 saturated carbocycles. The molecular weight excluding hydrogens is 296 g/mol. The van der Waals surface area contributed by atoms with E-state index in [-0.39, 0.29) is 13.2 Å². The Labute approximate surface area is 135 Å². The normalized spacial score (nSPS) is 14.3. The molecule has 0 heterocycles. The zero-order valence-electron chi connectivity index (χ0n) is 13.3. The molecule has 122 valence electrons. The van der Waals surface area contributed by atoms with Crippen molar-refractivity contribution in [3.63, 3.8) is 0 Å². The van der Waals surface area contributed by atoms with Crippen LogP contribution in [0.15, 0.2) is 30.3 Å². The fraction of sp³-hybridized carbons (Fsp3) is 0.389. The molecule has 0 radical (unpaired) electrons. The molecule has 5 nitrogen and oxygen atoms in total. The van der Waals surface area contributed by atoms with Crippen LogP contribution in [0.3, 0.4) is 0 Å². The summed E-state index contributed by atoms with van der Waals surface area (Å²) in [5, 5.41) is 0. The van der Waals surface area contributed by atoms with Crippen LogP contribution in [0.25, 0.3) is 5.57 Å². The molecule has 5 heteroatoms. The number of Topliss-reactive ketones (excluding diaryl/α,β-unsaturated/α-hetero) is 1. The number of ether oxygens (including phenoxy) is 2. The third-order valence-corrected chi connectivity index (χ3v) is 3.68. The number of hydrogen-bond acceptors (Lipinski definition) is 5. The lowest BCUT2D eigenvalue weighted by molar-refractivity contribution is -0.160. The first-order chi connectivity index (χ1) is 11.1. The highest BCUT2D eigenvalue weighted by molar-refractivity contribution is 6.40. The quantitative estimate of drug-likeness (QED) is 0.458. The van der Waals surface area contributed by atoms with Gasteiger partial charge in [0.1, 0.15) is 0 Å². The molecule has 2 rings (SSSR count). The number of fused-ring (bicyclic) bond motifs is 1. The second kappa shape index (κ2) is 7.72. The van der Waals surface area contributed by atoms with Crippen molar-refractivity contribution in [1.82, 2.24) is 0 Å². The highest BCUT2D eigenvalue weighted by atomic mass is 16.5. The van der Waals surface area contributed by atoms with Crippen molar-refractivity contribution in [2.24, 2.45) is 5.92 Å². The number of esters is 2. The van der Waals surface area contributed by atoms with E-state index in [4.69, 9.17) is 9.47 Å². The highest BCUT2D eigenvalue weighted by Crippen LogP contribution is 2.33. The van der Waals surface area contributed by atoms with Gasteiger partial charge in [-0.25, -0.2) is 4.79 Å². The van der Waals surface area contributed by atoms with Crippen LogP contribution in [0.4, 0.5) is 0 Å². The number of rotatable bonds is 6. The van der Waals surface area contributed by atoms with Crippen LogP contribution in [0, 0.1) is 5.92 Å². The van der Waals surface area contributed by atoms with Crippen molar-refractivity contribution in [3.8, 4) is 0 Å². The van der Waals surface area contributed by atoms with Crippen LogP contribution in [0.1, 0.15) is 31.4 Å². The molecule has 1 atom stereocenters. The van der Waals surface area contributed by atoms with Crippen molar-refractivity contribution >= 4 is 23.3 Å². The van der Waals surface area contributed by atoms with Crippen LogP contribution in [0.2, 0.25) is 0 Å². The van der Waals surface area contributed by atoms with Crippen molar-refractivity contribution < 1.29 is 23.9 Å². The van der Waals surface area contributed by atoms with E-state index >= 15 is 0 Å².